The first-order valence-corrected chi connectivity index (χ1v) is 8.06. The summed E-state index contributed by atoms with van der Waals surface area (Å²) in [6, 6.07) is 6.17. The van der Waals surface area contributed by atoms with Gasteiger partial charge in [-0.05, 0) is 30.7 Å². The van der Waals surface area contributed by atoms with E-state index in [1.807, 2.05) is 23.6 Å². The van der Waals surface area contributed by atoms with Gasteiger partial charge in [-0.15, -0.1) is 11.3 Å². The number of carboxylic acid groups (broad SMARTS) is 1. The van der Waals surface area contributed by atoms with Crippen LogP contribution < -0.4 is 5.32 Å². The molecule has 2 aromatic rings. The van der Waals surface area contributed by atoms with Crippen molar-refractivity contribution < 1.29 is 14.4 Å². The van der Waals surface area contributed by atoms with Gasteiger partial charge < -0.3 is 14.9 Å². The molecule has 1 aliphatic carbocycles. The minimum absolute atomic E-state index is 0.213. The normalized spacial score (nSPS) is 22.3. The number of nitrogens with zero attached hydrogens (tertiary/aromatic N) is 1. The van der Waals surface area contributed by atoms with Crippen LogP contribution in [0.3, 0.4) is 0 Å². The second-order valence-electron chi connectivity index (χ2n) is 5.44. The Balaban J connectivity index is 1.54. The zero-order chi connectivity index (χ0) is 14.7. The van der Waals surface area contributed by atoms with Crippen molar-refractivity contribution in [3.8, 4) is 10.6 Å². The van der Waals surface area contributed by atoms with E-state index < -0.39 is 5.97 Å². The summed E-state index contributed by atoms with van der Waals surface area (Å²) in [4.78, 5) is 12.1. The number of hydrogen-bond donors (Lipinski definition) is 2. The van der Waals surface area contributed by atoms with Gasteiger partial charge in [0, 0.05) is 18.7 Å². The van der Waals surface area contributed by atoms with E-state index in [9.17, 15) is 4.79 Å². The summed E-state index contributed by atoms with van der Waals surface area (Å²) < 4.78 is 5.33. The summed E-state index contributed by atoms with van der Waals surface area (Å²) >= 11 is 1.62. The lowest BCUT2D eigenvalue weighted by atomic mass is 9.86. The molecule has 0 saturated heterocycles. The van der Waals surface area contributed by atoms with E-state index in [2.05, 4.69) is 10.5 Å². The molecule has 21 heavy (non-hydrogen) atoms. The Hall–Kier alpha value is -1.66. The molecule has 6 heteroatoms. The second kappa shape index (κ2) is 6.41. The SMILES string of the molecule is O=C(O)C1CCCC(NCc2cc(-c3cccs3)on2)C1. The van der Waals surface area contributed by atoms with Crippen molar-refractivity contribution in [3.63, 3.8) is 0 Å². The van der Waals surface area contributed by atoms with E-state index in [0.29, 0.717) is 13.0 Å². The molecule has 112 valence electrons. The number of hydrogen-bond acceptors (Lipinski definition) is 5. The molecule has 0 bridgehead atoms. The fourth-order valence-corrected chi connectivity index (χ4v) is 3.45. The molecule has 2 heterocycles. The summed E-state index contributed by atoms with van der Waals surface area (Å²) in [5, 5.41) is 18.6. The quantitative estimate of drug-likeness (QED) is 0.887. The molecule has 3 rings (SSSR count). The van der Waals surface area contributed by atoms with Crippen LogP contribution in [-0.2, 0) is 11.3 Å². The summed E-state index contributed by atoms with van der Waals surface area (Å²) in [5.74, 6) is -0.105. The molecule has 0 aliphatic heterocycles. The number of carbonyl (C=O) groups is 1. The Labute approximate surface area is 127 Å². The van der Waals surface area contributed by atoms with Crippen LogP contribution in [0.15, 0.2) is 28.1 Å². The van der Waals surface area contributed by atoms with E-state index in [4.69, 9.17) is 9.63 Å². The van der Waals surface area contributed by atoms with Crippen LogP contribution >= 0.6 is 11.3 Å². The number of aliphatic carboxylic acids is 1. The smallest absolute Gasteiger partial charge is 0.306 e. The van der Waals surface area contributed by atoms with Gasteiger partial charge in [0.25, 0.3) is 0 Å². The Kier molecular flexibility index (Phi) is 4.36. The zero-order valence-electron chi connectivity index (χ0n) is 11.6. The average Bonchev–Trinajstić information content (AvgIpc) is 3.16. The van der Waals surface area contributed by atoms with Gasteiger partial charge in [0.15, 0.2) is 5.76 Å². The van der Waals surface area contributed by atoms with Crippen molar-refractivity contribution in [1.29, 1.82) is 0 Å². The fraction of sp³-hybridized carbons (Fsp3) is 0.467. The molecule has 0 radical (unpaired) electrons. The van der Waals surface area contributed by atoms with Crippen molar-refractivity contribution in [2.45, 2.75) is 38.3 Å². The van der Waals surface area contributed by atoms with E-state index in [0.717, 1.165) is 35.6 Å². The topological polar surface area (TPSA) is 75.4 Å². The van der Waals surface area contributed by atoms with Crippen LogP contribution in [0.5, 0.6) is 0 Å². The van der Waals surface area contributed by atoms with Crippen LogP contribution in [-0.4, -0.2) is 22.3 Å². The summed E-state index contributed by atoms with van der Waals surface area (Å²) in [6.45, 7) is 0.617. The number of aromatic nitrogens is 1. The molecule has 2 unspecified atom stereocenters. The van der Waals surface area contributed by atoms with Crippen LogP contribution in [0.2, 0.25) is 0 Å². The molecule has 2 atom stereocenters. The number of carboxylic acids is 1. The summed E-state index contributed by atoms with van der Waals surface area (Å²) in [7, 11) is 0. The highest BCUT2D eigenvalue weighted by molar-refractivity contribution is 7.13. The Morgan fingerprint density at radius 1 is 1.52 bits per heavy atom. The Bertz CT molecular complexity index is 594. The molecule has 0 spiro atoms. The van der Waals surface area contributed by atoms with Gasteiger partial charge in [-0.25, -0.2) is 0 Å². The predicted octanol–water partition coefficient (Wildman–Crippen LogP) is 3.14. The molecular weight excluding hydrogens is 288 g/mol. The van der Waals surface area contributed by atoms with Crippen LogP contribution in [0.1, 0.15) is 31.4 Å². The van der Waals surface area contributed by atoms with Crippen LogP contribution in [0, 0.1) is 5.92 Å². The minimum atomic E-state index is -0.678. The monoisotopic (exact) mass is 306 g/mol. The fourth-order valence-electron chi connectivity index (χ4n) is 2.78. The molecule has 1 saturated carbocycles. The van der Waals surface area contributed by atoms with E-state index >= 15 is 0 Å². The van der Waals surface area contributed by atoms with E-state index in [1.54, 1.807) is 11.3 Å². The van der Waals surface area contributed by atoms with Gasteiger partial charge in [-0.2, -0.15) is 0 Å². The lowest BCUT2D eigenvalue weighted by Crippen LogP contribution is -2.36. The van der Waals surface area contributed by atoms with Gasteiger partial charge in [0.05, 0.1) is 16.5 Å². The van der Waals surface area contributed by atoms with Crippen molar-refractivity contribution in [3.05, 3.63) is 29.3 Å². The maximum Gasteiger partial charge on any atom is 0.306 e. The minimum Gasteiger partial charge on any atom is -0.481 e. The highest BCUT2D eigenvalue weighted by Crippen LogP contribution is 2.26. The first kappa shape index (κ1) is 14.3. The third-order valence-corrected chi connectivity index (χ3v) is 4.80. The lowest BCUT2D eigenvalue weighted by Gasteiger charge is -2.27. The van der Waals surface area contributed by atoms with Crippen molar-refractivity contribution in [2.24, 2.45) is 5.92 Å². The Morgan fingerprint density at radius 3 is 3.19 bits per heavy atom. The zero-order valence-corrected chi connectivity index (χ0v) is 12.4. The predicted molar refractivity (Wildman–Crippen MR) is 80.0 cm³/mol. The van der Waals surface area contributed by atoms with Gasteiger partial charge in [0.1, 0.15) is 0 Å². The van der Waals surface area contributed by atoms with E-state index in [-0.39, 0.29) is 12.0 Å². The molecule has 2 N–H and O–H groups in total. The van der Waals surface area contributed by atoms with Crippen LogP contribution in [0.25, 0.3) is 10.6 Å². The molecule has 0 aromatic carbocycles. The third-order valence-electron chi connectivity index (χ3n) is 3.92. The summed E-state index contributed by atoms with van der Waals surface area (Å²) in [6.07, 6.45) is 3.48. The standard InChI is InChI=1S/C15H18N2O3S/c18-15(19)10-3-1-4-11(7-10)16-9-12-8-13(20-17-12)14-5-2-6-21-14/h2,5-6,8,10-11,16H,1,3-4,7,9H2,(H,18,19). The maximum atomic E-state index is 11.1. The maximum absolute atomic E-state index is 11.1. The Morgan fingerprint density at radius 2 is 2.43 bits per heavy atom. The second-order valence-corrected chi connectivity index (χ2v) is 6.39. The lowest BCUT2D eigenvalue weighted by molar-refractivity contribution is -0.143. The largest absolute Gasteiger partial charge is 0.481 e. The molecule has 5 nitrogen and oxygen atoms in total. The van der Waals surface area contributed by atoms with Gasteiger partial charge >= 0.3 is 5.97 Å². The number of thiophene rings is 1. The number of rotatable bonds is 5. The first-order valence-electron chi connectivity index (χ1n) is 7.18. The van der Waals surface area contributed by atoms with Crippen LogP contribution in [0.4, 0.5) is 0 Å². The average molecular weight is 306 g/mol. The summed E-state index contributed by atoms with van der Waals surface area (Å²) in [5.41, 5.74) is 0.857. The molecule has 2 aromatic heterocycles. The number of nitrogens with one attached hydrogen (secondary N) is 1. The molecular formula is C15H18N2O3S. The van der Waals surface area contributed by atoms with Crippen molar-refractivity contribution in [1.82, 2.24) is 10.5 Å². The first-order chi connectivity index (χ1) is 10.2. The molecule has 0 amide bonds. The highest BCUT2D eigenvalue weighted by atomic mass is 32.1. The molecule has 1 aliphatic rings. The molecule has 1 fully saturated rings. The van der Waals surface area contributed by atoms with Gasteiger partial charge in [-0.3, -0.25) is 4.79 Å². The van der Waals surface area contributed by atoms with Gasteiger partial charge in [-0.1, -0.05) is 17.6 Å². The van der Waals surface area contributed by atoms with Crippen molar-refractivity contribution in [2.75, 3.05) is 0 Å². The highest BCUT2D eigenvalue weighted by Gasteiger charge is 2.26. The third kappa shape index (κ3) is 3.51. The van der Waals surface area contributed by atoms with Crippen molar-refractivity contribution >= 4 is 17.3 Å². The van der Waals surface area contributed by atoms with Gasteiger partial charge in [0.2, 0.25) is 0 Å². The van der Waals surface area contributed by atoms with E-state index in [1.165, 1.54) is 0 Å².